The Balaban J connectivity index is 1.12. The van der Waals surface area contributed by atoms with Crippen LogP contribution in [0, 0.1) is 0 Å². The number of likely N-dealkylation sites (tertiary alicyclic amines) is 1. The number of carbonyl (C=O) groups is 1. The summed E-state index contributed by atoms with van der Waals surface area (Å²) in [6, 6.07) is 21.1. The first-order valence-electron chi connectivity index (χ1n) is 15.8. The van der Waals surface area contributed by atoms with E-state index >= 15 is 0 Å². The zero-order chi connectivity index (χ0) is 34.8. The van der Waals surface area contributed by atoms with Gasteiger partial charge in [-0.1, -0.05) is 54.6 Å². The van der Waals surface area contributed by atoms with Crippen molar-refractivity contribution in [2.75, 3.05) is 20.2 Å². The van der Waals surface area contributed by atoms with Gasteiger partial charge in [-0.15, -0.1) is 0 Å². The maximum absolute atomic E-state index is 13.4. The highest BCUT2D eigenvalue weighted by atomic mass is 19.4. The van der Waals surface area contributed by atoms with Crippen molar-refractivity contribution in [3.05, 3.63) is 107 Å². The molecule has 0 unspecified atom stereocenters. The van der Waals surface area contributed by atoms with Crippen LogP contribution in [0.3, 0.4) is 0 Å². The van der Waals surface area contributed by atoms with Crippen LogP contribution in [0.5, 0.6) is 11.6 Å². The Morgan fingerprint density at radius 3 is 2.36 bits per heavy atom. The number of aromatic amines is 2. The summed E-state index contributed by atoms with van der Waals surface area (Å²) in [7, 11) is 1.56. The molecule has 0 amide bonds. The number of esters is 1. The van der Waals surface area contributed by atoms with E-state index in [1.54, 1.807) is 49.7 Å². The number of fused-ring (bicyclic) bond motifs is 1. The van der Waals surface area contributed by atoms with Gasteiger partial charge in [0.2, 0.25) is 5.88 Å². The van der Waals surface area contributed by atoms with E-state index in [1.807, 2.05) is 30.3 Å². The highest BCUT2D eigenvalue weighted by Crippen LogP contribution is 2.42. The van der Waals surface area contributed by atoms with Crippen molar-refractivity contribution in [1.29, 1.82) is 0 Å². The van der Waals surface area contributed by atoms with Crippen molar-refractivity contribution in [2.24, 2.45) is 0 Å². The Morgan fingerprint density at radius 2 is 1.68 bits per heavy atom. The average Bonchev–Trinajstić information content (AvgIpc) is 3.63. The molecule has 254 valence electrons. The fourth-order valence-electron chi connectivity index (χ4n) is 6.13. The summed E-state index contributed by atoms with van der Waals surface area (Å²) < 4.78 is 50.4. The van der Waals surface area contributed by atoms with E-state index in [2.05, 4.69) is 25.1 Å². The number of pyridine rings is 3. The van der Waals surface area contributed by atoms with Crippen LogP contribution in [0.25, 0.3) is 44.7 Å². The molecule has 7 rings (SSSR count). The minimum absolute atomic E-state index is 0.0832. The number of rotatable bonds is 8. The molecule has 1 aliphatic heterocycles. The molecule has 0 aliphatic carbocycles. The molecule has 11 nitrogen and oxygen atoms in total. The number of nitrogens with zero attached hydrogens (tertiary/aromatic N) is 5. The minimum atomic E-state index is -5.28. The maximum Gasteiger partial charge on any atom is 0.491 e. The summed E-state index contributed by atoms with van der Waals surface area (Å²) in [6.45, 7) is 2.38. The molecule has 1 aliphatic rings. The number of ether oxygens (including phenoxy) is 2. The zero-order valence-electron chi connectivity index (χ0n) is 26.7. The Morgan fingerprint density at radius 1 is 0.940 bits per heavy atom. The molecule has 6 aromatic rings. The number of H-pyrrole nitrogens is 2. The van der Waals surface area contributed by atoms with Gasteiger partial charge in [-0.2, -0.15) is 18.3 Å². The molecule has 5 heterocycles. The highest BCUT2D eigenvalue weighted by molar-refractivity contribution is 6.00. The molecule has 1 fully saturated rings. The van der Waals surface area contributed by atoms with Crippen LogP contribution in [-0.4, -0.2) is 67.4 Å². The number of hydrogen-bond donors (Lipinski definition) is 2. The maximum atomic E-state index is 13.4. The van der Waals surface area contributed by atoms with Crippen molar-refractivity contribution in [3.63, 3.8) is 0 Å². The second-order valence-corrected chi connectivity index (χ2v) is 11.9. The number of benzene rings is 2. The summed E-state index contributed by atoms with van der Waals surface area (Å²) in [6.07, 6.45) is -0.471. The summed E-state index contributed by atoms with van der Waals surface area (Å²) in [5.74, 6) is -0.747. The standard InChI is InChI=1S/C36H30F3N7O4/c1-49-27-12-11-25(19-41-27)33-43-32(44-45-33)24-14-17-46(18-15-24)20-21-7-9-23(10-8-21)30-28(22-5-3-2-4-6-22)31(50-35(48)36(37,38)39)29-26(42-30)13-16-40-34(29)47/h2-13,16,19,24H,14-15,17-18,20H2,1H3,(H,40,47)(H,43,44,45). The van der Waals surface area contributed by atoms with Crippen molar-refractivity contribution >= 4 is 16.9 Å². The van der Waals surface area contributed by atoms with Gasteiger partial charge >= 0.3 is 12.1 Å². The van der Waals surface area contributed by atoms with Crippen molar-refractivity contribution < 1.29 is 27.4 Å². The molecule has 0 saturated carbocycles. The van der Waals surface area contributed by atoms with E-state index < -0.39 is 23.5 Å². The quantitative estimate of drug-likeness (QED) is 0.177. The number of piperidine rings is 1. The Hall–Kier alpha value is -5.89. The predicted molar refractivity (Wildman–Crippen MR) is 178 cm³/mol. The van der Waals surface area contributed by atoms with E-state index in [1.165, 1.54) is 12.3 Å². The third kappa shape index (κ3) is 6.69. The molecule has 14 heteroatoms. The summed E-state index contributed by atoms with van der Waals surface area (Å²) in [5.41, 5.74) is 2.55. The number of methoxy groups -OCH3 is 1. The van der Waals surface area contributed by atoms with Gasteiger partial charge in [0, 0.05) is 42.0 Å². The smallest absolute Gasteiger partial charge is 0.481 e. The number of alkyl halides is 3. The first-order chi connectivity index (χ1) is 24.2. The lowest BCUT2D eigenvalue weighted by atomic mass is 9.95. The van der Waals surface area contributed by atoms with Crippen LogP contribution in [0.1, 0.15) is 30.1 Å². The Bertz CT molecular complexity index is 2190. The second kappa shape index (κ2) is 13.6. The molecule has 50 heavy (non-hydrogen) atoms. The van der Waals surface area contributed by atoms with Crippen molar-refractivity contribution in [1.82, 2.24) is 35.0 Å². The topological polar surface area (TPSA) is 139 Å². The first-order valence-corrected chi connectivity index (χ1v) is 15.8. The van der Waals surface area contributed by atoms with Gasteiger partial charge in [0.25, 0.3) is 5.56 Å². The fraction of sp³-hybridized carbons (Fsp3) is 0.222. The third-order valence-corrected chi connectivity index (χ3v) is 8.66. The van der Waals surface area contributed by atoms with Gasteiger partial charge in [0.15, 0.2) is 11.6 Å². The summed E-state index contributed by atoms with van der Waals surface area (Å²) >= 11 is 0. The summed E-state index contributed by atoms with van der Waals surface area (Å²) in [4.78, 5) is 43.5. The summed E-state index contributed by atoms with van der Waals surface area (Å²) in [5, 5.41) is 7.22. The highest BCUT2D eigenvalue weighted by Gasteiger charge is 2.42. The van der Waals surface area contributed by atoms with Gasteiger partial charge < -0.3 is 14.5 Å². The monoisotopic (exact) mass is 681 g/mol. The lowest BCUT2D eigenvalue weighted by molar-refractivity contribution is -0.189. The number of aromatic nitrogens is 6. The van der Waals surface area contributed by atoms with Gasteiger partial charge in [-0.25, -0.2) is 19.7 Å². The number of hydrogen-bond acceptors (Lipinski definition) is 9. The predicted octanol–water partition coefficient (Wildman–Crippen LogP) is 6.29. The van der Waals surface area contributed by atoms with E-state index in [0.717, 1.165) is 42.9 Å². The molecular weight excluding hydrogens is 651 g/mol. The molecule has 2 aromatic carbocycles. The molecule has 0 spiro atoms. The number of nitrogens with one attached hydrogen (secondary N) is 2. The van der Waals surface area contributed by atoms with E-state index in [4.69, 9.17) is 19.4 Å². The van der Waals surface area contributed by atoms with Crippen molar-refractivity contribution in [2.45, 2.75) is 31.5 Å². The Labute approximate surface area is 283 Å². The number of carbonyl (C=O) groups excluding carboxylic acids is 1. The molecular formula is C36H30F3N7O4. The van der Waals surface area contributed by atoms with E-state index in [0.29, 0.717) is 29.4 Å². The van der Waals surface area contributed by atoms with Gasteiger partial charge in [-0.05, 0) is 49.2 Å². The second-order valence-electron chi connectivity index (χ2n) is 11.9. The number of halogens is 3. The van der Waals surface area contributed by atoms with E-state index in [-0.39, 0.29) is 28.1 Å². The van der Waals surface area contributed by atoms with Crippen LogP contribution in [0.2, 0.25) is 0 Å². The largest absolute Gasteiger partial charge is 0.491 e. The van der Waals surface area contributed by atoms with Gasteiger partial charge in [-0.3, -0.25) is 14.8 Å². The van der Waals surface area contributed by atoms with Crippen LogP contribution >= 0.6 is 0 Å². The average molecular weight is 682 g/mol. The van der Waals surface area contributed by atoms with Gasteiger partial charge in [0.1, 0.15) is 11.2 Å². The molecule has 0 bridgehead atoms. The molecule has 0 atom stereocenters. The van der Waals surface area contributed by atoms with E-state index in [9.17, 15) is 22.8 Å². The molecule has 1 saturated heterocycles. The normalized spacial score (nSPS) is 14.2. The van der Waals surface area contributed by atoms with Crippen LogP contribution in [-0.2, 0) is 11.3 Å². The Kier molecular flexibility index (Phi) is 8.85. The van der Waals surface area contributed by atoms with Crippen LogP contribution in [0.15, 0.2) is 90.0 Å². The fourth-order valence-corrected chi connectivity index (χ4v) is 6.13. The van der Waals surface area contributed by atoms with Gasteiger partial charge in [0.05, 0.1) is 23.9 Å². The lowest BCUT2D eigenvalue weighted by Crippen LogP contribution is -2.32. The SMILES string of the molecule is COc1ccc(-c2n[nH]c(C3CCN(Cc4ccc(-c5nc6cc[nH]c(=O)c6c(OC(=O)C(F)(F)F)c5-c5ccccc5)cc4)CC3)n2)cn1. The first kappa shape index (κ1) is 32.6. The van der Waals surface area contributed by atoms with Crippen LogP contribution in [0.4, 0.5) is 13.2 Å². The molecule has 2 N–H and O–H groups in total. The van der Waals surface area contributed by atoms with Crippen LogP contribution < -0.4 is 15.0 Å². The third-order valence-electron chi connectivity index (χ3n) is 8.66. The molecule has 0 radical (unpaired) electrons. The lowest BCUT2D eigenvalue weighted by Gasteiger charge is -2.31. The minimum Gasteiger partial charge on any atom is -0.481 e. The molecule has 4 aromatic heterocycles. The van der Waals surface area contributed by atoms with Crippen molar-refractivity contribution in [3.8, 4) is 45.4 Å². The zero-order valence-corrected chi connectivity index (χ0v) is 26.7.